The van der Waals surface area contributed by atoms with E-state index in [0.29, 0.717) is 11.6 Å². The van der Waals surface area contributed by atoms with E-state index in [1.54, 1.807) is 0 Å². The van der Waals surface area contributed by atoms with Crippen molar-refractivity contribution in [3.8, 4) is 17.0 Å². The van der Waals surface area contributed by atoms with Gasteiger partial charge in [0.15, 0.2) is 11.3 Å². The molecular weight excluding hydrogens is 234 g/mol. The van der Waals surface area contributed by atoms with E-state index in [1.807, 2.05) is 37.4 Å². The zero-order valence-corrected chi connectivity index (χ0v) is 10.6. The lowest BCUT2D eigenvalue weighted by molar-refractivity contribution is 0.112. The first kappa shape index (κ1) is 11.8. The number of carbonyl (C=O) groups is 1. The molecule has 0 saturated heterocycles. The van der Waals surface area contributed by atoms with Crippen molar-refractivity contribution >= 4 is 17.6 Å². The molecule has 17 heavy (non-hydrogen) atoms. The third kappa shape index (κ3) is 2.53. The van der Waals surface area contributed by atoms with Crippen LogP contribution in [0.25, 0.3) is 11.3 Å². The van der Waals surface area contributed by atoms with Crippen LogP contribution in [0.4, 0.5) is 0 Å². The van der Waals surface area contributed by atoms with Gasteiger partial charge in [0, 0.05) is 10.9 Å². The van der Waals surface area contributed by atoms with Gasteiger partial charge in [-0.3, -0.25) is 4.79 Å². The van der Waals surface area contributed by atoms with Gasteiger partial charge in [0.05, 0.1) is 12.3 Å². The van der Waals surface area contributed by atoms with Crippen molar-refractivity contribution in [3.05, 3.63) is 34.2 Å². The highest BCUT2D eigenvalue weighted by molar-refractivity contribution is 7.11. The Balaban J connectivity index is 2.35. The second kappa shape index (κ2) is 5.10. The Morgan fingerprint density at radius 3 is 2.88 bits per heavy atom. The second-order valence-electron chi connectivity index (χ2n) is 3.60. The lowest BCUT2D eigenvalue weighted by Gasteiger charge is -2.07. The standard InChI is InChI=1S/C13H13NO2S/c1-3-16-10-4-5-11(9(2)6-10)12-8-17-13(7-15)14-12/h4-8H,3H2,1-2H3. The number of hydrogen-bond acceptors (Lipinski definition) is 4. The van der Waals surface area contributed by atoms with E-state index in [1.165, 1.54) is 11.3 Å². The SMILES string of the molecule is CCOc1ccc(-c2csc(C=O)n2)c(C)c1. The minimum atomic E-state index is 0.508. The molecule has 0 unspecified atom stereocenters. The Morgan fingerprint density at radius 1 is 1.47 bits per heavy atom. The van der Waals surface area contributed by atoms with Gasteiger partial charge in [0.2, 0.25) is 0 Å². The van der Waals surface area contributed by atoms with Crippen molar-refractivity contribution in [2.45, 2.75) is 13.8 Å². The highest BCUT2D eigenvalue weighted by Crippen LogP contribution is 2.27. The summed E-state index contributed by atoms with van der Waals surface area (Å²) < 4.78 is 5.43. The number of ether oxygens (including phenoxy) is 1. The Kier molecular flexibility index (Phi) is 3.54. The second-order valence-corrected chi connectivity index (χ2v) is 4.49. The molecule has 88 valence electrons. The maximum absolute atomic E-state index is 10.6. The van der Waals surface area contributed by atoms with Gasteiger partial charge in [-0.2, -0.15) is 0 Å². The number of aryl methyl sites for hydroxylation is 1. The molecule has 0 N–H and O–H groups in total. The van der Waals surface area contributed by atoms with Crippen LogP contribution < -0.4 is 4.74 Å². The summed E-state index contributed by atoms with van der Waals surface area (Å²) in [5.41, 5.74) is 2.98. The van der Waals surface area contributed by atoms with E-state index in [-0.39, 0.29) is 0 Å². The van der Waals surface area contributed by atoms with Crippen LogP contribution in [0.2, 0.25) is 0 Å². The van der Waals surface area contributed by atoms with Crippen molar-refractivity contribution in [2.75, 3.05) is 6.61 Å². The number of aldehydes is 1. The van der Waals surface area contributed by atoms with Crippen molar-refractivity contribution in [1.29, 1.82) is 0 Å². The third-order valence-electron chi connectivity index (χ3n) is 2.41. The molecule has 2 aromatic rings. The topological polar surface area (TPSA) is 39.2 Å². The first-order valence-electron chi connectivity index (χ1n) is 5.39. The summed E-state index contributed by atoms with van der Waals surface area (Å²) in [7, 11) is 0. The molecule has 2 rings (SSSR count). The number of aromatic nitrogens is 1. The monoisotopic (exact) mass is 247 g/mol. The molecule has 0 amide bonds. The summed E-state index contributed by atoms with van der Waals surface area (Å²) in [4.78, 5) is 14.8. The summed E-state index contributed by atoms with van der Waals surface area (Å²) >= 11 is 1.36. The first-order chi connectivity index (χ1) is 8.24. The maximum Gasteiger partial charge on any atom is 0.178 e. The molecule has 1 aromatic heterocycles. The fourth-order valence-corrected chi connectivity index (χ4v) is 2.26. The van der Waals surface area contributed by atoms with Gasteiger partial charge in [0.25, 0.3) is 0 Å². The smallest absolute Gasteiger partial charge is 0.178 e. The van der Waals surface area contributed by atoms with Crippen molar-refractivity contribution in [2.24, 2.45) is 0 Å². The molecule has 1 aromatic carbocycles. The molecule has 0 atom stereocenters. The summed E-state index contributed by atoms with van der Waals surface area (Å²) in [5.74, 6) is 0.861. The van der Waals surface area contributed by atoms with E-state index in [2.05, 4.69) is 4.98 Å². The highest BCUT2D eigenvalue weighted by Gasteiger charge is 2.07. The zero-order valence-electron chi connectivity index (χ0n) is 9.77. The van der Waals surface area contributed by atoms with Crippen molar-refractivity contribution in [1.82, 2.24) is 4.98 Å². The summed E-state index contributed by atoms with van der Waals surface area (Å²) in [6.07, 6.45) is 0.776. The lowest BCUT2D eigenvalue weighted by Crippen LogP contribution is -1.92. The van der Waals surface area contributed by atoms with Crippen LogP contribution in [-0.4, -0.2) is 17.9 Å². The van der Waals surface area contributed by atoms with E-state index >= 15 is 0 Å². The van der Waals surface area contributed by atoms with E-state index in [0.717, 1.165) is 28.9 Å². The first-order valence-corrected chi connectivity index (χ1v) is 6.27. The predicted molar refractivity (Wildman–Crippen MR) is 68.8 cm³/mol. The van der Waals surface area contributed by atoms with Crippen LogP contribution in [0.5, 0.6) is 5.75 Å². The molecule has 0 aliphatic carbocycles. The molecule has 0 saturated carbocycles. The fraction of sp³-hybridized carbons (Fsp3) is 0.231. The van der Waals surface area contributed by atoms with Crippen molar-refractivity contribution in [3.63, 3.8) is 0 Å². The fourth-order valence-electron chi connectivity index (χ4n) is 1.65. The molecule has 4 heteroatoms. The number of nitrogens with zero attached hydrogens (tertiary/aromatic N) is 1. The third-order valence-corrected chi connectivity index (χ3v) is 3.18. The normalized spacial score (nSPS) is 10.2. The molecule has 3 nitrogen and oxygen atoms in total. The number of rotatable bonds is 4. The van der Waals surface area contributed by atoms with Gasteiger partial charge >= 0.3 is 0 Å². The Morgan fingerprint density at radius 2 is 2.29 bits per heavy atom. The average Bonchev–Trinajstić information content (AvgIpc) is 2.78. The van der Waals surface area contributed by atoms with Crippen molar-refractivity contribution < 1.29 is 9.53 Å². The summed E-state index contributed by atoms with van der Waals surface area (Å²) in [6, 6.07) is 5.88. The lowest BCUT2D eigenvalue weighted by atomic mass is 10.1. The molecule has 0 fully saturated rings. The van der Waals surface area contributed by atoms with Crippen LogP contribution >= 0.6 is 11.3 Å². The van der Waals surface area contributed by atoms with Gasteiger partial charge in [-0.15, -0.1) is 11.3 Å². The largest absolute Gasteiger partial charge is 0.494 e. The number of hydrogen-bond donors (Lipinski definition) is 0. The minimum absolute atomic E-state index is 0.508. The van der Waals surface area contributed by atoms with E-state index in [9.17, 15) is 4.79 Å². The van der Waals surface area contributed by atoms with E-state index in [4.69, 9.17) is 4.74 Å². The van der Waals surface area contributed by atoms with Gasteiger partial charge < -0.3 is 4.74 Å². The molecule has 0 radical (unpaired) electrons. The zero-order chi connectivity index (χ0) is 12.3. The van der Waals surface area contributed by atoms with Crippen LogP contribution in [0, 0.1) is 6.92 Å². The van der Waals surface area contributed by atoms with Crippen LogP contribution in [0.15, 0.2) is 23.6 Å². The molecule has 0 bridgehead atoms. The number of carbonyl (C=O) groups excluding carboxylic acids is 1. The number of thiazole rings is 1. The van der Waals surface area contributed by atoms with Gasteiger partial charge in [-0.1, -0.05) is 0 Å². The minimum Gasteiger partial charge on any atom is -0.494 e. The van der Waals surface area contributed by atoms with Gasteiger partial charge in [0.1, 0.15) is 5.75 Å². The molecule has 0 spiro atoms. The van der Waals surface area contributed by atoms with Crippen LogP contribution in [0.1, 0.15) is 22.3 Å². The Bertz CT molecular complexity index is 534. The van der Waals surface area contributed by atoms with E-state index < -0.39 is 0 Å². The van der Waals surface area contributed by atoms with Gasteiger partial charge in [-0.05, 0) is 37.6 Å². The van der Waals surface area contributed by atoms with Crippen LogP contribution in [0.3, 0.4) is 0 Å². The summed E-state index contributed by atoms with van der Waals surface area (Å²) in [6.45, 7) is 4.63. The Hall–Kier alpha value is -1.68. The summed E-state index contributed by atoms with van der Waals surface area (Å²) in [5, 5.41) is 2.40. The average molecular weight is 247 g/mol. The molecule has 0 aliphatic rings. The molecule has 1 heterocycles. The molecule has 0 aliphatic heterocycles. The Labute approximate surface area is 104 Å². The molecular formula is C13H13NO2S. The highest BCUT2D eigenvalue weighted by atomic mass is 32.1. The maximum atomic E-state index is 10.6. The number of benzene rings is 1. The van der Waals surface area contributed by atoms with Crippen LogP contribution in [-0.2, 0) is 0 Å². The predicted octanol–water partition coefficient (Wildman–Crippen LogP) is 3.33. The quantitative estimate of drug-likeness (QED) is 0.778. The van der Waals surface area contributed by atoms with Gasteiger partial charge in [-0.25, -0.2) is 4.98 Å².